The van der Waals surface area contributed by atoms with E-state index in [1.165, 1.54) is 0 Å². The van der Waals surface area contributed by atoms with Crippen molar-refractivity contribution in [1.29, 1.82) is 0 Å². The Balaban J connectivity index is 0. The van der Waals surface area contributed by atoms with E-state index in [0.717, 1.165) is 0 Å². The summed E-state index contributed by atoms with van der Waals surface area (Å²) >= 11 is 8.79. The quantitative estimate of drug-likeness (QED) is 0.508. The van der Waals surface area contributed by atoms with Crippen LogP contribution in [-0.4, -0.2) is 6.16 Å². The van der Waals surface area contributed by atoms with E-state index >= 15 is 0 Å². The zero-order valence-corrected chi connectivity index (χ0v) is 5.41. The molecule has 0 aromatic heterocycles. The molecule has 0 aliphatic carbocycles. The number of rotatable bonds is 0. The minimum Gasteiger partial charge on any atom is -0.314 e. The third-order valence-corrected chi connectivity index (χ3v) is 0.378. The smallest absolute Gasteiger partial charge is 0.314 e. The fraction of sp³-hybridized carbons (Fsp3) is 0. The van der Waals surface area contributed by atoms with Gasteiger partial charge in [-0.3, -0.25) is 0 Å². The summed E-state index contributed by atoms with van der Waals surface area (Å²) in [5, 5.41) is 0. The van der Waals surface area contributed by atoms with Gasteiger partial charge in [0.15, 0.2) is 0 Å². The summed E-state index contributed by atoms with van der Waals surface area (Å²) in [7, 11) is 0. The SMILES string of the molecule is C=C.O=C(OCl)OCl. The number of carbonyl (C=O) groups excluding carboxylic acids is 1. The number of hydrogen-bond acceptors (Lipinski definition) is 3. The summed E-state index contributed by atoms with van der Waals surface area (Å²) in [6, 6.07) is 0. The van der Waals surface area contributed by atoms with Crippen LogP contribution < -0.4 is 0 Å². The van der Waals surface area contributed by atoms with Crippen LogP contribution in [0.2, 0.25) is 0 Å². The highest BCUT2D eigenvalue weighted by molar-refractivity contribution is 6.17. The van der Waals surface area contributed by atoms with Gasteiger partial charge in [-0.25, -0.2) is 4.79 Å². The van der Waals surface area contributed by atoms with Gasteiger partial charge in [-0.1, -0.05) is 0 Å². The summed E-state index contributed by atoms with van der Waals surface area (Å²) in [6.07, 6.45) is -1.13. The predicted octanol–water partition coefficient (Wildman–Crippen LogP) is 2.25. The fourth-order valence-corrected chi connectivity index (χ4v) is 0.107. The highest BCUT2D eigenvalue weighted by Gasteiger charge is 1.95. The molecule has 0 aromatic carbocycles. The Bertz CT molecular complexity index is 59.5. The van der Waals surface area contributed by atoms with Gasteiger partial charge in [0.25, 0.3) is 0 Å². The van der Waals surface area contributed by atoms with Crippen LogP contribution in [-0.2, 0) is 8.58 Å². The third kappa shape index (κ3) is 9.14. The zero-order valence-electron chi connectivity index (χ0n) is 3.89. The highest BCUT2D eigenvalue weighted by atomic mass is 35.5. The summed E-state index contributed by atoms with van der Waals surface area (Å²) in [5.74, 6) is 0. The Kier molecular flexibility index (Phi) is 12.9. The van der Waals surface area contributed by atoms with Gasteiger partial charge in [-0.15, -0.1) is 13.2 Å². The molecule has 0 aliphatic rings. The molecule has 0 N–H and O–H groups in total. The van der Waals surface area contributed by atoms with Crippen molar-refractivity contribution in [2.24, 2.45) is 0 Å². The Morgan fingerprint density at radius 2 is 1.50 bits per heavy atom. The molecule has 0 bridgehead atoms. The molecule has 0 unspecified atom stereocenters. The van der Waals surface area contributed by atoms with Crippen LogP contribution in [0.5, 0.6) is 0 Å². The molecule has 0 heterocycles. The molecule has 8 heavy (non-hydrogen) atoms. The first kappa shape index (κ1) is 10.5. The van der Waals surface area contributed by atoms with Crippen LogP contribution >= 0.6 is 23.7 Å². The van der Waals surface area contributed by atoms with Crippen LogP contribution in [0.3, 0.4) is 0 Å². The van der Waals surface area contributed by atoms with E-state index in [9.17, 15) is 4.79 Å². The third-order valence-electron chi connectivity index (χ3n) is 0.126. The second-order valence-corrected chi connectivity index (χ2v) is 0.713. The topological polar surface area (TPSA) is 35.5 Å². The van der Waals surface area contributed by atoms with E-state index in [0.29, 0.717) is 0 Å². The fourth-order valence-electron chi connectivity index (χ4n) is 0.0119. The summed E-state index contributed by atoms with van der Waals surface area (Å²) < 4.78 is 6.76. The first-order valence-electron chi connectivity index (χ1n) is 1.42. The van der Waals surface area contributed by atoms with Crippen molar-refractivity contribution in [3.05, 3.63) is 13.2 Å². The molecule has 0 radical (unpaired) electrons. The van der Waals surface area contributed by atoms with Crippen molar-refractivity contribution < 1.29 is 13.4 Å². The van der Waals surface area contributed by atoms with Crippen molar-refractivity contribution in [3.63, 3.8) is 0 Å². The highest BCUT2D eigenvalue weighted by Crippen LogP contribution is 1.88. The van der Waals surface area contributed by atoms with Gasteiger partial charge < -0.3 is 8.58 Å². The van der Waals surface area contributed by atoms with Gasteiger partial charge in [-0.05, 0) is 0 Å². The lowest BCUT2D eigenvalue weighted by atomic mass is 11.3. The van der Waals surface area contributed by atoms with Crippen molar-refractivity contribution in [2.75, 3.05) is 0 Å². The lowest BCUT2D eigenvalue weighted by Gasteiger charge is -1.81. The van der Waals surface area contributed by atoms with Crippen molar-refractivity contribution >= 4 is 29.9 Å². The normalized spacial score (nSPS) is 5.75. The molecule has 0 spiro atoms. The van der Waals surface area contributed by atoms with Crippen LogP contribution in [0.25, 0.3) is 0 Å². The van der Waals surface area contributed by atoms with E-state index in [4.69, 9.17) is 0 Å². The first-order chi connectivity index (χ1) is 3.81. The molecule has 0 fully saturated rings. The lowest BCUT2D eigenvalue weighted by molar-refractivity contribution is 0.161. The second kappa shape index (κ2) is 9.77. The Morgan fingerprint density at radius 3 is 1.50 bits per heavy atom. The Labute approximate surface area is 57.1 Å². The first-order valence-corrected chi connectivity index (χ1v) is 2.04. The molecule has 0 aliphatic heterocycles. The zero-order chi connectivity index (χ0) is 6.99. The van der Waals surface area contributed by atoms with Crippen molar-refractivity contribution in [1.82, 2.24) is 0 Å². The molecule has 0 atom stereocenters. The van der Waals surface area contributed by atoms with Gasteiger partial charge >= 0.3 is 6.16 Å². The van der Waals surface area contributed by atoms with Crippen LogP contribution in [0, 0.1) is 0 Å². The van der Waals surface area contributed by atoms with E-state index in [2.05, 4.69) is 45.5 Å². The van der Waals surface area contributed by atoms with Crippen molar-refractivity contribution in [2.45, 2.75) is 0 Å². The number of hydrogen-bond donors (Lipinski definition) is 0. The number of halogens is 2. The van der Waals surface area contributed by atoms with Gasteiger partial charge in [-0.2, -0.15) is 0 Å². The van der Waals surface area contributed by atoms with E-state index in [1.54, 1.807) is 0 Å². The maximum Gasteiger partial charge on any atom is 0.545 e. The standard InChI is InChI=1S/C2H4.CCl2O3/c1-2;2-5-1(4)6-3/h1-2H2;. The summed E-state index contributed by atoms with van der Waals surface area (Å²) in [4.78, 5) is 9.47. The molecule has 0 aromatic rings. The average Bonchev–Trinajstić information content (AvgIpc) is 1.91. The minimum atomic E-state index is -1.13. The van der Waals surface area contributed by atoms with Gasteiger partial charge in [0.05, 0.1) is 0 Å². The monoisotopic (exact) mass is 158 g/mol. The molecule has 0 saturated carbocycles. The van der Waals surface area contributed by atoms with E-state index in [-0.39, 0.29) is 0 Å². The Hall–Kier alpha value is -0.410. The van der Waals surface area contributed by atoms with Crippen LogP contribution in [0.1, 0.15) is 0 Å². The molecule has 3 nitrogen and oxygen atoms in total. The molecule has 0 rings (SSSR count). The molecular weight excluding hydrogens is 155 g/mol. The largest absolute Gasteiger partial charge is 0.545 e. The average molecular weight is 159 g/mol. The molecule has 5 heteroatoms. The van der Waals surface area contributed by atoms with Crippen molar-refractivity contribution in [3.8, 4) is 0 Å². The predicted molar refractivity (Wildman–Crippen MR) is 30.5 cm³/mol. The molecular formula is C3H4Cl2O3. The van der Waals surface area contributed by atoms with Crippen LogP contribution in [0.15, 0.2) is 13.2 Å². The summed E-state index contributed by atoms with van der Waals surface area (Å²) in [5.41, 5.74) is 0. The Morgan fingerprint density at radius 1 is 1.25 bits per heavy atom. The maximum atomic E-state index is 9.47. The molecule has 48 valence electrons. The van der Waals surface area contributed by atoms with Crippen LogP contribution in [0.4, 0.5) is 4.79 Å². The number of carbonyl (C=O) groups is 1. The lowest BCUT2D eigenvalue weighted by Crippen LogP contribution is -1.89. The van der Waals surface area contributed by atoms with E-state index < -0.39 is 6.16 Å². The maximum absolute atomic E-state index is 9.47. The minimum absolute atomic E-state index is 1.13. The van der Waals surface area contributed by atoms with Gasteiger partial charge in [0.2, 0.25) is 0 Å². The van der Waals surface area contributed by atoms with Gasteiger partial charge in [0.1, 0.15) is 23.7 Å². The van der Waals surface area contributed by atoms with E-state index in [1.807, 2.05) is 0 Å². The summed E-state index contributed by atoms with van der Waals surface area (Å²) in [6.45, 7) is 6.00. The molecule has 0 amide bonds. The van der Waals surface area contributed by atoms with Gasteiger partial charge in [0, 0.05) is 0 Å². The molecule has 0 saturated heterocycles. The second-order valence-electron chi connectivity index (χ2n) is 0.404.